The highest BCUT2D eigenvalue weighted by Gasteiger charge is 2.25. The van der Waals surface area contributed by atoms with Crippen LogP contribution in [0.4, 0.5) is 16.2 Å². The van der Waals surface area contributed by atoms with Crippen LogP contribution < -0.4 is 24.8 Å². The fraction of sp³-hybridized carbons (Fsp3) is 0.250. The van der Waals surface area contributed by atoms with E-state index in [9.17, 15) is 14.9 Å². The molecule has 12 heteroatoms. The zero-order valence-electron chi connectivity index (χ0n) is 22.0. The number of hydrogen-bond acceptors (Lipinski definition) is 9. The molecule has 0 radical (unpaired) electrons. The summed E-state index contributed by atoms with van der Waals surface area (Å²) in [7, 11) is 3.03. The van der Waals surface area contributed by atoms with Crippen molar-refractivity contribution in [3.05, 3.63) is 82.7 Å². The number of ether oxygens (including phenoxy) is 3. The molecule has 4 aromatic rings. The maximum Gasteiger partial charge on any atom is 0.319 e. The molecule has 1 fully saturated rings. The number of likely N-dealkylation sites (tertiary alicyclic amines) is 1. The second kappa shape index (κ2) is 11.8. The van der Waals surface area contributed by atoms with Crippen LogP contribution >= 0.6 is 0 Å². The average molecular weight is 545 g/mol. The number of benzene rings is 3. The van der Waals surface area contributed by atoms with Crippen molar-refractivity contribution in [3.8, 4) is 23.1 Å². The lowest BCUT2D eigenvalue weighted by Crippen LogP contribution is -2.39. The Bertz CT molecular complexity index is 1530. The second-order valence-electron chi connectivity index (χ2n) is 9.25. The molecule has 1 saturated heterocycles. The van der Waals surface area contributed by atoms with Crippen molar-refractivity contribution in [3.63, 3.8) is 0 Å². The minimum absolute atomic E-state index is 0.0490. The van der Waals surface area contributed by atoms with E-state index in [1.807, 2.05) is 18.2 Å². The van der Waals surface area contributed by atoms with E-state index in [0.29, 0.717) is 28.9 Å². The minimum Gasteiger partial charge on any atom is -0.493 e. The largest absolute Gasteiger partial charge is 0.493 e. The summed E-state index contributed by atoms with van der Waals surface area (Å²) >= 11 is 0. The van der Waals surface area contributed by atoms with Gasteiger partial charge >= 0.3 is 6.03 Å². The minimum atomic E-state index is -0.578. The number of methoxy groups -OCH3 is 2. The van der Waals surface area contributed by atoms with Gasteiger partial charge in [0.2, 0.25) is 5.88 Å². The second-order valence-corrected chi connectivity index (χ2v) is 9.25. The summed E-state index contributed by atoms with van der Waals surface area (Å²) in [6, 6.07) is 17.1. The molecule has 206 valence electrons. The number of rotatable bonds is 9. The third kappa shape index (κ3) is 6.02. The molecule has 1 aliphatic rings. The predicted molar refractivity (Wildman–Crippen MR) is 148 cm³/mol. The van der Waals surface area contributed by atoms with Crippen molar-refractivity contribution >= 4 is 28.3 Å². The Hall–Kier alpha value is -4.97. The molecule has 12 nitrogen and oxygen atoms in total. The molecule has 1 aliphatic heterocycles. The normalized spacial score (nSPS) is 15.0. The number of urea groups is 1. The Labute approximate surface area is 230 Å². The average Bonchev–Trinajstić information content (AvgIpc) is 3.39. The SMILES string of the molecule is COc1cc2ncnc(Oc3ccc(NC(=O)NC4CCN(Cc5ccccc5)C4)c([N+](=O)[O-])c3)c2cc1OC. The van der Waals surface area contributed by atoms with Gasteiger partial charge in [0.05, 0.1) is 36.1 Å². The van der Waals surface area contributed by atoms with E-state index < -0.39 is 11.0 Å². The molecule has 0 saturated carbocycles. The van der Waals surface area contributed by atoms with Crippen molar-refractivity contribution in [1.29, 1.82) is 0 Å². The predicted octanol–water partition coefficient (Wildman–Crippen LogP) is 4.74. The first-order chi connectivity index (χ1) is 19.4. The van der Waals surface area contributed by atoms with Crippen molar-refractivity contribution in [1.82, 2.24) is 20.2 Å². The number of amides is 2. The maximum atomic E-state index is 12.7. The molecule has 40 heavy (non-hydrogen) atoms. The van der Waals surface area contributed by atoms with E-state index in [1.54, 1.807) is 12.1 Å². The van der Waals surface area contributed by atoms with Crippen LogP contribution in [-0.4, -0.2) is 59.2 Å². The fourth-order valence-corrected chi connectivity index (χ4v) is 4.66. The molecule has 2 amide bonds. The highest BCUT2D eigenvalue weighted by atomic mass is 16.6. The zero-order valence-corrected chi connectivity index (χ0v) is 22.0. The van der Waals surface area contributed by atoms with Gasteiger partial charge in [0.1, 0.15) is 17.8 Å². The van der Waals surface area contributed by atoms with Gasteiger partial charge in [0.25, 0.3) is 5.69 Å². The Morgan fingerprint density at radius 2 is 1.85 bits per heavy atom. The van der Waals surface area contributed by atoms with Crippen LogP contribution in [0.25, 0.3) is 10.9 Å². The summed E-state index contributed by atoms with van der Waals surface area (Å²) in [4.78, 5) is 34.7. The summed E-state index contributed by atoms with van der Waals surface area (Å²) in [5.41, 5.74) is 1.48. The van der Waals surface area contributed by atoms with Crippen LogP contribution in [0.1, 0.15) is 12.0 Å². The van der Waals surface area contributed by atoms with E-state index in [2.05, 4.69) is 37.6 Å². The number of anilines is 1. The Kier molecular flexibility index (Phi) is 7.87. The fourth-order valence-electron chi connectivity index (χ4n) is 4.66. The molecule has 3 aromatic carbocycles. The van der Waals surface area contributed by atoms with Gasteiger partial charge in [-0.05, 0) is 30.2 Å². The number of nitro groups is 1. The van der Waals surface area contributed by atoms with Gasteiger partial charge in [-0.2, -0.15) is 0 Å². The Morgan fingerprint density at radius 1 is 1.07 bits per heavy atom. The van der Waals surface area contributed by atoms with Crippen LogP contribution in [-0.2, 0) is 6.54 Å². The number of nitro benzene ring substituents is 1. The standard InChI is InChI=1S/C28H28N6O6/c1-38-25-13-21-23(14-26(25)39-2)29-17-30-27(21)40-20-8-9-22(24(12-20)34(36)37)32-28(35)31-19-10-11-33(16-19)15-18-6-4-3-5-7-18/h3-9,12-14,17,19H,10-11,15-16H2,1-2H3,(H2,31,32,35). The lowest BCUT2D eigenvalue weighted by Gasteiger charge is -2.17. The van der Waals surface area contributed by atoms with Crippen LogP contribution in [0.15, 0.2) is 67.0 Å². The van der Waals surface area contributed by atoms with E-state index in [1.165, 1.54) is 44.3 Å². The number of hydrogen-bond donors (Lipinski definition) is 2. The van der Waals surface area contributed by atoms with Crippen LogP contribution in [0.2, 0.25) is 0 Å². The summed E-state index contributed by atoms with van der Waals surface area (Å²) in [6.07, 6.45) is 2.11. The number of fused-ring (bicyclic) bond motifs is 1. The van der Waals surface area contributed by atoms with E-state index in [-0.39, 0.29) is 29.0 Å². The van der Waals surface area contributed by atoms with Gasteiger partial charge in [-0.3, -0.25) is 15.0 Å². The summed E-state index contributed by atoms with van der Waals surface area (Å²) < 4.78 is 16.6. The molecule has 5 rings (SSSR count). The van der Waals surface area contributed by atoms with Crippen molar-refractivity contribution in [2.24, 2.45) is 0 Å². The summed E-state index contributed by atoms with van der Waals surface area (Å²) in [6.45, 7) is 2.35. The lowest BCUT2D eigenvalue weighted by molar-refractivity contribution is -0.384. The van der Waals surface area contributed by atoms with Gasteiger partial charge in [0, 0.05) is 31.7 Å². The first kappa shape index (κ1) is 26.6. The van der Waals surface area contributed by atoms with Crippen LogP contribution in [0.3, 0.4) is 0 Å². The molecule has 1 unspecified atom stereocenters. The molecule has 1 aromatic heterocycles. The van der Waals surface area contributed by atoms with Crippen LogP contribution in [0, 0.1) is 10.1 Å². The zero-order chi connectivity index (χ0) is 28.1. The van der Waals surface area contributed by atoms with Crippen LogP contribution in [0.5, 0.6) is 23.1 Å². The van der Waals surface area contributed by atoms with Crippen molar-refractivity contribution in [2.75, 3.05) is 32.6 Å². The van der Waals surface area contributed by atoms with E-state index in [4.69, 9.17) is 14.2 Å². The quantitative estimate of drug-likeness (QED) is 0.226. The molecule has 1 atom stereocenters. The van der Waals surface area contributed by atoms with Gasteiger partial charge in [-0.15, -0.1) is 0 Å². The Morgan fingerprint density at radius 3 is 2.60 bits per heavy atom. The molecule has 0 aliphatic carbocycles. The molecule has 0 spiro atoms. The number of aromatic nitrogens is 2. The smallest absolute Gasteiger partial charge is 0.319 e. The highest BCUT2D eigenvalue weighted by molar-refractivity contribution is 5.92. The molecule has 2 N–H and O–H groups in total. The van der Waals surface area contributed by atoms with E-state index >= 15 is 0 Å². The van der Waals surface area contributed by atoms with Crippen molar-refractivity contribution < 1.29 is 23.9 Å². The first-order valence-corrected chi connectivity index (χ1v) is 12.6. The number of nitrogens with zero attached hydrogens (tertiary/aromatic N) is 4. The van der Waals surface area contributed by atoms with Gasteiger partial charge in [-0.25, -0.2) is 14.8 Å². The topological polar surface area (TPSA) is 141 Å². The third-order valence-electron chi connectivity index (χ3n) is 6.59. The summed E-state index contributed by atoms with van der Waals surface area (Å²) in [5, 5.41) is 17.9. The highest BCUT2D eigenvalue weighted by Crippen LogP contribution is 2.37. The molecule has 0 bridgehead atoms. The number of nitrogens with one attached hydrogen (secondary N) is 2. The van der Waals surface area contributed by atoms with Gasteiger partial charge in [-0.1, -0.05) is 30.3 Å². The maximum absolute atomic E-state index is 12.7. The number of carbonyl (C=O) groups is 1. The number of carbonyl (C=O) groups excluding carboxylic acids is 1. The molecular formula is C28H28N6O6. The van der Waals surface area contributed by atoms with Crippen molar-refractivity contribution in [2.45, 2.75) is 19.0 Å². The molecule has 2 heterocycles. The summed E-state index contributed by atoms with van der Waals surface area (Å²) in [5.74, 6) is 1.29. The molecular weight excluding hydrogens is 516 g/mol. The van der Waals surface area contributed by atoms with Gasteiger partial charge in [0.15, 0.2) is 11.5 Å². The van der Waals surface area contributed by atoms with E-state index in [0.717, 1.165) is 19.5 Å². The first-order valence-electron chi connectivity index (χ1n) is 12.6. The lowest BCUT2D eigenvalue weighted by atomic mass is 10.2. The monoisotopic (exact) mass is 544 g/mol. The Balaban J connectivity index is 1.27. The third-order valence-corrected chi connectivity index (χ3v) is 6.59. The van der Waals surface area contributed by atoms with Gasteiger partial charge < -0.3 is 24.8 Å².